The van der Waals surface area contributed by atoms with Crippen molar-refractivity contribution in [3.8, 4) is 6.19 Å². The second-order valence-electron chi connectivity index (χ2n) is 3.22. The van der Waals surface area contributed by atoms with Gasteiger partial charge in [-0.25, -0.2) is 4.48 Å². The van der Waals surface area contributed by atoms with Crippen LogP contribution in [-0.2, 0) is 4.79 Å². The number of carboxylic acids is 1. The van der Waals surface area contributed by atoms with Gasteiger partial charge in [0, 0.05) is 0 Å². The number of carboxylic acid groups (broad SMARTS) is 1. The minimum absolute atomic E-state index is 0.0472. The highest BCUT2D eigenvalue weighted by atomic mass is 16.4. The lowest BCUT2D eigenvalue weighted by molar-refractivity contribution is -0.828. The molecule has 1 atom stereocenters. The first-order valence-corrected chi connectivity index (χ1v) is 3.51. The molecular formula is C7H13N2O3+. The number of nitriles is 1. The number of hydrogen-bond donors (Lipinski definition) is 2. The fourth-order valence-electron chi connectivity index (χ4n) is 0.834. The maximum atomic E-state index is 10.1. The Morgan fingerprint density at radius 3 is 2.50 bits per heavy atom. The van der Waals surface area contributed by atoms with Crippen molar-refractivity contribution in [2.45, 2.75) is 12.5 Å². The van der Waals surface area contributed by atoms with Gasteiger partial charge in [0.05, 0.1) is 20.5 Å². The number of quaternary nitrogens is 1. The summed E-state index contributed by atoms with van der Waals surface area (Å²) in [5, 5.41) is 26.0. The summed E-state index contributed by atoms with van der Waals surface area (Å²) in [5.74, 6) is -1.06. The largest absolute Gasteiger partial charge is 0.481 e. The number of carbonyl (C=O) groups is 1. The first-order chi connectivity index (χ1) is 5.37. The van der Waals surface area contributed by atoms with Gasteiger partial charge in [-0.05, 0) is 0 Å². The molecule has 0 amide bonds. The Hall–Kier alpha value is -1.12. The van der Waals surface area contributed by atoms with Crippen molar-refractivity contribution in [1.82, 2.24) is 0 Å². The lowest BCUT2D eigenvalue weighted by atomic mass is 10.2. The van der Waals surface area contributed by atoms with E-state index in [0.29, 0.717) is 0 Å². The summed E-state index contributed by atoms with van der Waals surface area (Å²) < 4.78 is -0.0472. The molecule has 0 aliphatic rings. The van der Waals surface area contributed by atoms with Gasteiger partial charge >= 0.3 is 12.2 Å². The maximum Gasteiger partial charge on any atom is 0.308 e. The highest BCUT2D eigenvalue weighted by Gasteiger charge is 2.22. The molecule has 0 aliphatic heterocycles. The number of aliphatic hydroxyl groups is 1. The van der Waals surface area contributed by atoms with E-state index in [1.54, 1.807) is 14.1 Å². The summed E-state index contributed by atoms with van der Waals surface area (Å²) in [7, 11) is 3.20. The minimum atomic E-state index is -1.06. The summed E-state index contributed by atoms with van der Waals surface area (Å²) >= 11 is 0. The van der Waals surface area contributed by atoms with Crippen molar-refractivity contribution in [2.75, 3.05) is 20.6 Å². The van der Waals surface area contributed by atoms with Gasteiger partial charge in [-0.15, -0.1) is 5.26 Å². The van der Waals surface area contributed by atoms with Gasteiger partial charge in [0.15, 0.2) is 0 Å². The molecule has 2 N–H and O–H groups in total. The molecule has 0 aromatic rings. The number of aliphatic hydroxyl groups excluding tert-OH is 1. The first-order valence-electron chi connectivity index (χ1n) is 3.51. The van der Waals surface area contributed by atoms with E-state index in [2.05, 4.69) is 0 Å². The van der Waals surface area contributed by atoms with Gasteiger partial charge in [0.25, 0.3) is 0 Å². The monoisotopic (exact) mass is 173 g/mol. The number of rotatable bonds is 4. The topological polar surface area (TPSA) is 81.3 Å². The molecule has 0 aliphatic carbocycles. The number of nitrogens with zero attached hydrogens (tertiary/aromatic N) is 2. The summed E-state index contributed by atoms with van der Waals surface area (Å²) in [6.07, 6.45) is 0.653. The van der Waals surface area contributed by atoms with Crippen molar-refractivity contribution in [3.63, 3.8) is 0 Å². The van der Waals surface area contributed by atoms with Gasteiger partial charge in [-0.3, -0.25) is 4.79 Å². The summed E-state index contributed by atoms with van der Waals surface area (Å²) in [5.41, 5.74) is 0. The standard InChI is InChI=1S/C7H12N2O3/c1-9(2,5-8)4-6(10)3-7(11)12/h6,10H,3-4H2,1-2H3/p+1. The first kappa shape index (κ1) is 10.9. The van der Waals surface area contributed by atoms with E-state index < -0.39 is 12.1 Å². The van der Waals surface area contributed by atoms with Crippen LogP contribution < -0.4 is 0 Å². The van der Waals surface area contributed by atoms with Crippen LogP contribution in [0.2, 0.25) is 0 Å². The predicted octanol–water partition coefficient (Wildman–Crippen LogP) is -0.621. The van der Waals surface area contributed by atoms with E-state index in [4.69, 9.17) is 15.5 Å². The van der Waals surface area contributed by atoms with Crippen molar-refractivity contribution in [1.29, 1.82) is 5.26 Å². The molecule has 0 saturated carbocycles. The van der Waals surface area contributed by atoms with Crippen LogP contribution in [-0.4, -0.2) is 47.4 Å². The Morgan fingerprint density at radius 1 is 1.67 bits per heavy atom. The average molecular weight is 173 g/mol. The number of likely N-dealkylation sites (N-methyl/N-ethyl adjacent to an activating group) is 1. The zero-order chi connectivity index (χ0) is 9.78. The fraction of sp³-hybridized carbons (Fsp3) is 0.714. The Labute approximate surface area is 71.0 Å². The molecule has 5 heteroatoms. The van der Waals surface area contributed by atoms with E-state index in [1.807, 2.05) is 6.19 Å². The highest BCUT2D eigenvalue weighted by Crippen LogP contribution is 2.00. The van der Waals surface area contributed by atoms with Crippen LogP contribution in [0.1, 0.15) is 6.42 Å². The van der Waals surface area contributed by atoms with Gasteiger partial charge in [0.2, 0.25) is 0 Å². The molecule has 0 fully saturated rings. The Balaban J connectivity index is 3.94. The van der Waals surface area contributed by atoms with Crippen LogP contribution in [0.5, 0.6) is 0 Å². The molecule has 1 unspecified atom stereocenters. The summed E-state index contributed by atoms with van der Waals surface area (Å²) in [6, 6.07) is 0. The Bertz CT molecular complexity index is 207. The lowest BCUT2D eigenvalue weighted by Crippen LogP contribution is -2.41. The SMILES string of the molecule is C[N+](C)(C#N)CC(O)CC(=O)O. The van der Waals surface area contributed by atoms with E-state index >= 15 is 0 Å². The molecule has 0 aromatic heterocycles. The van der Waals surface area contributed by atoms with E-state index in [-0.39, 0.29) is 17.4 Å². The molecule has 0 spiro atoms. The zero-order valence-corrected chi connectivity index (χ0v) is 7.19. The lowest BCUT2D eigenvalue weighted by Gasteiger charge is -2.20. The third-order valence-corrected chi connectivity index (χ3v) is 1.35. The van der Waals surface area contributed by atoms with Crippen LogP contribution in [0.25, 0.3) is 0 Å². The van der Waals surface area contributed by atoms with Crippen LogP contribution in [0, 0.1) is 11.5 Å². The second-order valence-corrected chi connectivity index (χ2v) is 3.22. The van der Waals surface area contributed by atoms with E-state index in [9.17, 15) is 4.79 Å². The molecule has 5 nitrogen and oxygen atoms in total. The molecule has 68 valence electrons. The molecule has 0 bridgehead atoms. The molecule has 12 heavy (non-hydrogen) atoms. The van der Waals surface area contributed by atoms with Gasteiger partial charge in [0.1, 0.15) is 12.6 Å². The van der Waals surface area contributed by atoms with Crippen LogP contribution in [0.3, 0.4) is 0 Å². The second kappa shape index (κ2) is 4.04. The number of aliphatic carboxylic acids is 1. The van der Waals surface area contributed by atoms with Crippen LogP contribution in [0.15, 0.2) is 0 Å². The third kappa shape index (κ3) is 4.66. The molecule has 0 saturated heterocycles. The average Bonchev–Trinajstić information content (AvgIpc) is 1.84. The van der Waals surface area contributed by atoms with Crippen LogP contribution >= 0.6 is 0 Å². The highest BCUT2D eigenvalue weighted by molar-refractivity contribution is 5.67. The van der Waals surface area contributed by atoms with Crippen molar-refractivity contribution >= 4 is 5.97 Å². The Kier molecular flexibility index (Phi) is 3.67. The minimum Gasteiger partial charge on any atom is -0.481 e. The molecule has 0 aromatic carbocycles. The zero-order valence-electron chi connectivity index (χ0n) is 7.19. The molecule has 0 radical (unpaired) electrons. The molecule has 0 rings (SSSR count). The smallest absolute Gasteiger partial charge is 0.308 e. The van der Waals surface area contributed by atoms with Crippen molar-refractivity contribution in [3.05, 3.63) is 0 Å². The molecule has 0 heterocycles. The van der Waals surface area contributed by atoms with Crippen LogP contribution in [0.4, 0.5) is 0 Å². The molecular weight excluding hydrogens is 160 g/mol. The normalized spacial score (nSPS) is 13.5. The van der Waals surface area contributed by atoms with Gasteiger partial charge in [-0.2, -0.15) is 0 Å². The van der Waals surface area contributed by atoms with Gasteiger partial charge in [-0.1, -0.05) is 0 Å². The Morgan fingerprint density at radius 2 is 2.17 bits per heavy atom. The quantitative estimate of drug-likeness (QED) is 0.438. The van der Waals surface area contributed by atoms with Crippen molar-refractivity contribution < 1.29 is 19.5 Å². The third-order valence-electron chi connectivity index (χ3n) is 1.35. The predicted molar refractivity (Wildman–Crippen MR) is 40.8 cm³/mol. The number of hydrogen-bond acceptors (Lipinski definition) is 3. The van der Waals surface area contributed by atoms with E-state index in [1.165, 1.54) is 0 Å². The van der Waals surface area contributed by atoms with E-state index in [0.717, 1.165) is 0 Å². The van der Waals surface area contributed by atoms with Gasteiger partial charge < -0.3 is 10.2 Å². The fourth-order valence-corrected chi connectivity index (χ4v) is 0.834. The summed E-state index contributed by atoms with van der Waals surface area (Å²) in [4.78, 5) is 10.1. The summed E-state index contributed by atoms with van der Waals surface area (Å²) in [6.45, 7) is 0.128. The maximum absolute atomic E-state index is 10.1. The van der Waals surface area contributed by atoms with Crippen molar-refractivity contribution in [2.24, 2.45) is 0 Å².